The molecule has 3 aromatic rings. The van der Waals surface area contributed by atoms with Crippen LogP contribution in [0.25, 0.3) is 10.8 Å². The second-order valence-electron chi connectivity index (χ2n) is 8.09. The van der Waals surface area contributed by atoms with Crippen LogP contribution in [-0.4, -0.2) is 44.8 Å². The highest BCUT2D eigenvalue weighted by molar-refractivity contribution is 5.89. The monoisotopic (exact) mass is 463 g/mol. The fraction of sp³-hybridized carbons (Fsp3) is 0.393. The van der Waals surface area contributed by atoms with Crippen molar-refractivity contribution < 1.29 is 13.9 Å². The summed E-state index contributed by atoms with van der Waals surface area (Å²) in [6, 6.07) is 17.4. The summed E-state index contributed by atoms with van der Waals surface area (Å²) in [4.78, 5) is 2.33. The first-order valence-corrected chi connectivity index (χ1v) is 11.9. The van der Waals surface area contributed by atoms with Gasteiger partial charge in [-0.3, -0.25) is 4.90 Å². The Balaban J connectivity index is 0.00000158. The Morgan fingerprint density at radius 1 is 1.12 bits per heavy atom. The van der Waals surface area contributed by atoms with Crippen molar-refractivity contribution >= 4 is 10.8 Å². The van der Waals surface area contributed by atoms with Crippen LogP contribution in [0.15, 0.2) is 48.5 Å². The number of fused-ring (bicyclic) bond motifs is 1. The van der Waals surface area contributed by atoms with E-state index < -0.39 is 0 Å². The normalized spacial score (nSPS) is 14.7. The summed E-state index contributed by atoms with van der Waals surface area (Å²) in [5, 5.41) is 14.9. The maximum atomic E-state index is 14.3. The van der Waals surface area contributed by atoms with Crippen molar-refractivity contribution in [2.45, 2.75) is 33.4 Å². The van der Waals surface area contributed by atoms with Crippen molar-refractivity contribution in [3.05, 3.63) is 76.6 Å². The zero-order valence-corrected chi connectivity index (χ0v) is 20.5. The van der Waals surface area contributed by atoms with Gasteiger partial charge in [-0.25, -0.2) is 4.39 Å². The van der Waals surface area contributed by atoms with Crippen LogP contribution in [0.5, 0.6) is 5.75 Å². The SMILES string of the molecule is CC.COc1c(C#N)cc2ccccc2c1COCC(c1ccc(C)c(F)c1)N1CCNCC1. The maximum absolute atomic E-state index is 14.3. The van der Waals surface area contributed by atoms with E-state index in [4.69, 9.17) is 9.47 Å². The summed E-state index contributed by atoms with van der Waals surface area (Å²) < 4.78 is 26.2. The Morgan fingerprint density at radius 3 is 2.53 bits per heavy atom. The average molecular weight is 464 g/mol. The summed E-state index contributed by atoms with van der Waals surface area (Å²) >= 11 is 0. The van der Waals surface area contributed by atoms with Gasteiger partial charge in [0.1, 0.15) is 17.6 Å². The zero-order valence-electron chi connectivity index (χ0n) is 20.5. The van der Waals surface area contributed by atoms with E-state index in [1.807, 2.05) is 56.3 Å². The van der Waals surface area contributed by atoms with Gasteiger partial charge in [0.15, 0.2) is 0 Å². The molecule has 0 aliphatic carbocycles. The highest BCUT2D eigenvalue weighted by atomic mass is 19.1. The van der Waals surface area contributed by atoms with E-state index in [9.17, 15) is 9.65 Å². The molecule has 3 aromatic carbocycles. The van der Waals surface area contributed by atoms with Crippen molar-refractivity contribution in [1.82, 2.24) is 10.2 Å². The molecule has 5 nitrogen and oxygen atoms in total. The number of piperazine rings is 1. The predicted octanol–water partition coefficient (Wildman–Crippen LogP) is 5.36. The zero-order chi connectivity index (χ0) is 24.5. The van der Waals surface area contributed by atoms with Gasteiger partial charge in [-0.05, 0) is 41.0 Å². The average Bonchev–Trinajstić information content (AvgIpc) is 2.89. The van der Waals surface area contributed by atoms with Crippen LogP contribution >= 0.6 is 0 Å². The lowest BCUT2D eigenvalue weighted by Crippen LogP contribution is -2.46. The largest absolute Gasteiger partial charge is 0.495 e. The molecule has 1 aliphatic rings. The Morgan fingerprint density at radius 2 is 1.85 bits per heavy atom. The van der Waals surface area contributed by atoms with E-state index in [1.165, 1.54) is 0 Å². The molecule has 1 unspecified atom stereocenters. The predicted molar refractivity (Wildman–Crippen MR) is 135 cm³/mol. The summed E-state index contributed by atoms with van der Waals surface area (Å²) in [7, 11) is 1.58. The molecule has 1 aliphatic heterocycles. The summed E-state index contributed by atoms with van der Waals surface area (Å²) in [5.74, 6) is 0.350. The molecule has 1 heterocycles. The molecule has 4 rings (SSSR count). The molecule has 0 amide bonds. The molecule has 180 valence electrons. The van der Waals surface area contributed by atoms with Crippen molar-refractivity contribution in [3.8, 4) is 11.8 Å². The molecule has 1 atom stereocenters. The molecule has 0 spiro atoms. The van der Waals surface area contributed by atoms with Crippen LogP contribution < -0.4 is 10.1 Å². The Labute approximate surface area is 202 Å². The summed E-state index contributed by atoms with van der Waals surface area (Å²) in [5.41, 5.74) is 2.90. The number of nitrogens with one attached hydrogen (secondary N) is 1. The molecule has 0 bridgehead atoms. The standard InChI is InChI=1S/C26H28FN3O2.C2H6/c1-18-7-8-20(14-24(18)27)25(30-11-9-29-10-12-30)17-32-16-23-22-6-4-3-5-19(22)13-21(15-28)26(23)31-2;1-2/h3-8,13-14,25,29H,9-12,16-17H2,1-2H3;1-2H3. The first-order chi connectivity index (χ1) is 16.6. The number of nitriles is 1. The maximum Gasteiger partial charge on any atom is 0.142 e. The minimum absolute atomic E-state index is 0.0522. The Kier molecular flexibility index (Phi) is 9.41. The highest BCUT2D eigenvalue weighted by Crippen LogP contribution is 2.33. The van der Waals surface area contributed by atoms with Gasteiger partial charge in [-0.15, -0.1) is 0 Å². The van der Waals surface area contributed by atoms with Gasteiger partial charge in [0.05, 0.1) is 31.9 Å². The van der Waals surface area contributed by atoms with Gasteiger partial charge >= 0.3 is 0 Å². The van der Waals surface area contributed by atoms with Crippen molar-refractivity contribution in [3.63, 3.8) is 0 Å². The lowest BCUT2D eigenvalue weighted by atomic mass is 10.00. The number of nitrogens with zero attached hydrogens (tertiary/aromatic N) is 2. The third-order valence-corrected chi connectivity index (χ3v) is 6.12. The Bertz CT molecular complexity index is 1140. The third kappa shape index (κ3) is 5.74. The molecule has 0 aromatic heterocycles. The Hall–Kier alpha value is -2.98. The first-order valence-electron chi connectivity index (χ1n) is 11.9. The van der Waals surface area contributed by atoms with E-state index in [1.54, 1.807) is 20.1 Å². The van der Waals surface area contributed by atoms with Gasteiger partial charge in [0.25, 0.3) is 0 Å². The number of hydrogen-bond acceptors (Lipinski definition) is 5. The lowest BCUT2D eigenvalue weighted by Gasteiger charge is -2.35. The number of rotatable bonds is 7. The fourth-order valence-corrected chi connectivity index (χ4v) is 4.36. The van der Waals surface area contributed by atoms with Crippen molar-refractivity contribution in [2.24, 2.45) is 0 Å². The minimum atomic E-state index is -0.197. The van der Waals surface area contributed by atoms with E-state index >= 15 is 0 Å². The number of methoxy groups -OCH3 is 1. The number of halogens is 1. The summed E-state index contributed by atoms with van der Waals surface area (Å²) in [6.07, 6.45) is 0. The van der Waals surface area contributed by atoms with Gasteiger partial charge < -0.3 is 14.8 Å². The fourth-order valence-electron chi connectivity index (χ4n) is 4.36. The molecule has 34 heavy (non-hydrogen) atoms. The van der Waals surface area contributed by atoms with E-state index in [-0.39, 0.29) is 11.9 Å². The smallest absolute Gasteiger partial charge is 0.142 e. The van der Waals surface area contributed by atoms with Crippen molar-refractivity contribution in [1.29, 1.82) is 5.26 Å². The van der Waals surface area contributed by atoms with Crippen molar-refractivity contribution in [2.75, 3.05) is 39.9 Å². The second-order valence-corrected chi connectivity index (χ2v) is 8.09. The van der Waals surface area contributed by atoms with Gasteiger partial charge in [-0.1, -0.05) is 50.2 Å². The molecule has 0 radical (unpaired) electrons. The molecule has 1 fully saturated rings. The van der Waals surface area contributed by atoms with Crippen LogP contribution in [0, 0.1) is 24.1 Å². The van der Waals surface area contributed by atoms with E-state index in [2.05, 4.69) is 16.3 Å². The van der Waals surface area contributed by atoms with Crippen LogP contribution in [0.2, 0.25) is 0 Å². The quantitative estimate of drug-likeness (QED) is 0.511. The molecule has 6 heteroatoms. The van der Waals surface area contributed by atoms with E-state index in [0.29, 0.717) is 30.1 Å². The van der Waals surface area contributed by atoms with Crippen LogP contribution in [0.1, 0.15) is 42.1 Å². The molecular weight excluding hydrogens is 429 g/mol. The van der Waals surface area contributed by atoms with Crippen LogP contribution in [0.3, 0.4) is 0 Å². The van der Waals surface area contributed by atoms with Gasteiger partial charge in [0.2, 0.25) is 0 Å². The molecular formula is C28H34FN3O2. The first kappa shape index (κ1) is 25.6. The highest BCUT2D eigenvalue weighted by Gasteiger charge is 2.24. The minimum Gasteiger partial charge on any atom is -0.495 e. The molecule has 1 N–H and O–H groups in total. The number of ether oxygens (including phenoxy) is 2. The number of aryl methyl sites for hydroxylation is 1. The second kappa shape index (κ2) is 12.5. The number of benzene rings is 3. The topological polar surface area (TPSA) is 57.5 Å². The molecule has 1 saturated heterocycles. The van der Waals surface area contributed by atoms with Gasteiger partial charge in [0, 0.05) is 31.7 Å². The third-order valence-electron chi connectivity index (χ3n) is 6.12. The summed E-state index contributed by atoms with van der Waals surface area (Å²) in [6.45, 7) is 10.0. The van der Waals surface area contributed by atoms with E-state index in [0.717, 1.165) is 48.1 Å². The molecule has 0 saturated carbocycles. The van der Waals surface area contributed by atoms with Crippen LogP contribution in [0.4, 0.5) is 4.39 Å². The number of hydrogen-bond donors (Lipinski definition) is 1. The van der Waals surface area contributed by atoms with Crippen LogP contribution in [-0.2, 0) is 11.3 Å². The van der Waals surface area contributed by atoms with Gasteiger partial charge in [-0.2, -0.15) is 5.26 Å². The lowest BCUT2D eigenvalue weighted by molar-refractivity contribution is 0.0438.